The molecule has 0 aliphatic heterocycles. The van der Waals surface area contributed by atoms with Gasteiger partial charge in [0.05, 0.1) is 6.61 Å². The molecule has 0 radical (unpaired) electrons. The predicted molar refractivity (Wildman–Crippen MR) is 279 cm³/mol. The van der Waals surface area contributed by atoms with Crippen LogP contribution in [-0.2, 0) is 28.5 Å². The fourth-order valence-electron chi connectivity index (χ4n) is 8.78. The van der Waals surface area contributed by atoms with Crippen molar-refractivity contribution in [3.63, 3.8) is 0 Å². The zero-order chi connectivity index (χ0) is 48.6. The summed E-state index contributed by atoms with van der Waals surface area (Å²) in [6.45, 7) is 14.5. The zero-order valence-electron chi connectivity index (χ0n) is 45.1. The molecule has 0 rings (SSSR count). The first-order valence-electron chi connectivity index (χ1n) is 28.8. The second-order valence-corrected chi connectivity index (χ2v) is 20.1. The minimum absolute atomic E-state index is 0.0103. The summed E-state index contributed by atoms with van der Waals surface area (Å²) >= 11 is 0. The van der Waals surface area contributed by atoms with Crippen molar-refractivity contribution in [2.45, 2.75) is 303 Å². The summed E-state index contributed by atoms with van der Waals surface area (Å²) in [5, 5.41) is 0. The van der Waals surface area contributed by atoms with Gasteiger partial charge in [-0.05, 0) is 123 Å². The van der Waals surface area contributed by atoms with E-state index in [1.807, 2.05) is 4.90 Å². The van der Waals surface area contributed by atoms with Gasteiger partial charge in [-0.15, -0.1) is 0 Å². The van der Waals surface area contributed by atoms with Gasteiger partial charge in [-0.25, -0.2) is 4.79 Å². The molecule has 0 heterocycles. The van der Waals surface area contributed by atoms with Gasteiger partial charge in [0.15, 0.2) is 0 Å². The Balaban J connectivity index is 4.98. The van der Waals surface area contributed by atoms with Crippen LogP contribution in [0.15, 0.2) is 0 Å². The molecule has 0 saturated carbocycles. The van der Waals surface area contributed by atoms with E-state index in [0.29, 0.717) is 32.5 Å². The third kappa shape index (κ3) is 43.4. The molecule has 9 nitrogen and oxygen atoms in total. The summed E-state index contributed by atoms with van der Waals surface area (Å²) in [4.78, 5) is 43.3. The third-order valence-corrected chi connectivity index (χ3v) is 13.1. The molecule has 0 saturated heterocycles. The van der Waals surface area contributed by atoms with E-state index in [4.69, 9.17) is 18.9 Å². The number of amides is 1. The monoisotopic (exact) mass is 937 g/mol. The summed E-state index contributed by atoms with van der Waals surface area (Å²) in [5.41, 5.74) is 0. The lowest BCUT2D eigenvalue weighted by Crippen LogP contribution is -2.38. The number of esters is 2. The number of hydrogen-bond donors (Lipinski definition) is 0. The molecular weight excluding hydrogens is 825 g/mol. The smallest absolute Gasteiger partial charge is 0.410 e. The lowest BCUT2D eigenvalue weighted by atomic mass is 10.0. The molecule has 0 unspecified atom stereocenters. The van der Waals surface area contributed by atoms with Gasteiger partial charge >= 0.3 is 18.0 Å². The van der Waals surface area contributed by atoms with E-state index in [1.165, 1.54) is 77.0 Å². The van der Waals surface area contributed by atoms with Crippen molar-refractivity contribution in [2.75, 3.05) is 46.9 Å². The summed E-state index contributed by atoms with van der Waals surface area (Å²) in [6.07, 6.45) is 41.9. The average Bonchev–Trinajstić information content (AvgIpc) is 3.29. The lowest BCUT2D eigenvalue weighted by molar-refractivity contribution is -0.151. The number of rotatable bonds is 51. The van der Waals surface area contributed by atoms with Crippen LogP contribution in [0.1, 0.15) is 285 Å². The maximum absolute atomic E-state index is 13.7. The summed E-state index contributed by atoms with van der Waals surface area (Å²) in [7, 11) is 4.14. The summed E-state index contributed by atoms with van der Waals surface area (Å²) < 4.78 is 24.2. The van der Waals surface area contributed by atoms with Crippen molar-refractivity contribution in [3.05, 3.63) is 0 Å². The number of carbonyl (C=O) groups is 3. The van der Waals surface area contributed by atoms with Gasteiger partial charge in [-0.2, -0.15) is 0 Å². The van der Waals surface area contributed by atoms with E-state index in [-0.39, 0.29) is 36.3 Å². The molecule has 66 heavy (non-hydrogen) atoms. The van der Waals surface area contributed by atoms with Crippen LogP contribution in [0.4, 0.5) is 4.79 Å². The second-order valence-electron chi connectivity index (χ2n) is 20.1. The Hall–Kier alpha value is -1.87. The van der Waals surface area contributed by atoms with Gasteiger partial charge in [-0.1, -0.05) is 169 Å². The Labute approximate surface area is 410 Å². The Morgan fingerprint density at radius 3 is 1.05 bits per heavy atom. The van der Waals surface area contributed by atoms with Crippen molar-refractivity contribution in [1.82, 2.24) is 9.80 Å². The van der Waals surface area contributed by atoms with Crippen LogP contribution in [0.25, 0.3) is 0 Å². The Morgan fingerprint density at radius 2 is 0.682 bits per heavy atom. The molecule has 0 aliphatic rings. The molecule has 0 fully saturated rings. The van der Waals surface area contributed by atoms with Crippen LogP contribution in [-0.4, -0.2) is 93.1 Å². The van der Waals surface area contributed by atoms with Crippen molar-refractivity contribution in [1.29, 1.82) is 0 Å². The third-order valence-electron chi connectivity index (χ3n) is 13.1. The first-order chi connectivity index (χ1) is 32.2. The molecule has 0 N–H and O–H groups in total. The van der Waals surface area contributed by atoms with E-state index in [1.54, 1.807) is 0 Å². The molecule has 0 aromatic heterocycles. The van der Waals surface area contributed by atoms with E-state index < -0.39 is 0 Å². The molecule has 1 amide bonds. The largest absolute Gasteiger partial charge is 0.462 e. The molecule has 9 heteroatoms. The fourth-order valence-corrected chi connectivity index (χ4v) is 8.78. The van der Waals surface area contributed by atoms with Gasteiger partial charge in [0.1, 0.15) is 18.3 Å². The van der Waals surface area contributed by atoms with Crippen molar-refractivity contribution in [3.8, 4) is 0 Å². The predicted octanol–water partition coefficient (Wildman–Crippen LogP) is 16.5. The molecule has 0 aliphatic carbocycles. The van der Waals surface area contributed by atoms with E-state index >= 15 is 0 Å². The number of unbranched alkanes of at least 4 members (excludes halogenated alkanes) is 23. The molecule has 0 aromatic carbocycles. The fraction of sp³-hybridized carbons (Fsp3) is 0.947. The van der Waals surface area contributed by atoms with Gasteiger partial charge in [0, 0.05) is 32.5 Å². The molecule has 0 atom stereocenters. The maximum Gasteiger partial charge on any atom is 0.410 e. The standard InChI is InChI=1S/C57H112N2O7/c1-8-13-18-30-39-52(40-31-19-14-9-2)64-55(60)45-36-28-24-22-26-34-43-54(66-57(62)59(48-38-47-58(6)7)49-51-63-50-17-12-5)44-35-27-23-25-29-37-46-56(61)65-53(41-32-20-15-10-3)42-33-21-16-11-4/h52-54H,8-51H2,1-7H3. The van der Waals surface area contributed by atoms with Crippen LogP contribution < -0.4 is 0 Å². The van der Waals surface area contributed by atoms with Crippen LogP contribution in [0.3, 0.4) is 0 Å². The quantitative estimate of drug-likeness (QED) is 0.0338. The zero-order valence-corrected chi connectivity index (χ0v) is 45.1. The van der Waals surface area contributed by atoms with Crippen molar-refractivity contribution >= 4 is 18.0 Å². The van der Waals surface area contributed by atoms with E-state index in [9.17, 15) is 14.4 Å². The van der Waals surface area contributed by atoms with Crippen LogP contribution >= 0.6 is 0 Å². The Kier molecular flexibility index (Phi) is 48.1. The number of carbonyl (C=O) groups excluding carboxylic acids is 3. The summed E-state index contributed by atoms with van der Waals surface area (Å²) in [5.74, 6) is -0.0205. The first kappa shape index (κ1) is 64.1. The highest BCUT2D eigenvalue weighted by Crippen LogP contribution is 2.21. The van der Waals surface area contributed by atoms with Gasteiger partial charge in [0.2, 0.25) is 0 Å². The highest BCUT2D eigenvalue weighted by atomic mass is 16.6. The highest BCUT2D eigenvalue weighted by Gasteiger charge is 2.21. The highest BCUT2D eigenvalue weighted by molar-refractivity contribution is 5.70. The SMILES string of the molecule is CCCCCCC(CCCCCC)OC(=O)CCCCCCCCC(CCCCCCCCC(=O)OC(CCCCCC)CCCCCC)OC(=O)N(CCCN(C)C)CCOCCCC. The molecule has 0 aromatic rings. The van der Waals surface area contributed by atoms with Crippen LogP contribution in [0.5, 0.6) is 0 Å². The molecule has 0 bridgehead atoms. The molecule has 0 spiro atoms. The Morgan fingerprint density at radius 1 is 0.348 bits per heavy atom. The molecule has 392 valence electrons. The Bertz CT molecular complexity index is 976. The van der Waals surface area contributed by atoms with E-state index in [0.717, 1.165) is 174 Å². The van der Waals surface area contributed by atoms with Gasteiger partial charge in [-0.3, -0.25) is 9.59 Å². The number of ether oxygens (including phenoxy) is 4. The van der Waals surface area contributed by atoms with Gasteiger partial charge < -0.3 is 28.7 Å². The maximum atomic E-state index is 13.7. The minimum atomic E-state index is -0.204. The van der Waals surface area contributed by atoms with Crippen molar-refractivity contribution < 1.29 is 33.3 Å². The summed E-state index contributed by atoms with van der Waals surface area (Å²) in [6, 6.07) is 0. The minimum Gasteiger partial charge on any atom is -0.462 e. The van der Waals surface area contributed by atoms with Crippen LogP contribution in [0, 0.1) is 0 Å². The van der Waals surface area contributed by atoms with E-state index in [2.05, 4.69) is 53.6 Å². The van der Waals surface area contributed by atoms with Gasteiger partial charge in [0.25, 0.3) is 0 Å². The topological polar surface area (TPSA) is 94.6 Å². The second kappa shape index (κ2) is 49.5. The van der Waals surface area contributed by atoms with Crippen LogP contribution in [0.2, 0.25) is 0 Å². The molecular formula is C57H112N2O7. The number of nitrogens with zero attached hydrogens (tertiary/aromatic N) is 2. The van der Waals surface area contributed by atoms with Crippen molar-refractivity contribution in [2.24, 2.45) is 0 Å². The number of hydrogen-bond acceptors (Lipinski definition) is 8. The average molecular weight is 938 g/mol. The normalized spacial score (nSPS) is 11.7. The first-order valence-corrected chi connectivity index (χ1v) is 28.8. The lowest BCUT2D eigenvalue weighted by Gasteiger charge is -2.26.